The van der Waals surface area contributed by atoms with Crippen molar-refractivity contribution >= 4 is 11.9 Å². The zero-order chi connectivity index (χ0) is 13.4. The van der Waals surface area contributed by atoms with Gasteiger partial charge < -0.3 is 10.6 Å². The van der Waals surface area contributed by atoms with E-state index in [1.54, 1.807) is 6.92 Å². The highest BCUT2D eigenvalue weighted by atomic mass is 16.2. The van der Waals surface area contributed by atoms with Gasteiger partial charge in [-0.2, -0.15) is 0 Å². The zero-order valence-corrected chi connectivity index (χ0v) is 10.8. The standard InChI is InChI=1S/C13H19N3O2/c1-3-14-13(18)16-12(17)9-15-10(2)11-7-5-4-6-8-11/h4-8,10,15H,3,9H2,1-2H3,(H2,14,16,17,18)/p+1/t10-/m0/s1. The number of nitrogens with one attached hydrogen (secondary N) is 2. The maximum Gasteiger partial charge on any atom is 0.321 e. The molecule has 5 nitrogen and oxygen atoms in total. The van der Waals surface area contributed by atoms with E-state index in [1.807, 2.05) is 42.6 Å². The van der Waals surface area contributed by atoms with Gasteiger partial charge in [-0.05, 0) is 13.8 Å². The van der Waals surface area contributed by atoms with Gasteiger partial charge in [0.1, 0.15) is 6.04 Å². The van der Waals surface area contributed by atoms with Gasteiger partial charge in [-0.3, -0.25) is 10.1 Å². The summed E-state index contributed by atoms with van der Waals surface area (Å²) >= 11 is 0. The molecule has 4 N–H and O–H groups in total. The average molecular weight is 250 g/mol. The molecule has 98 valence electrons. The Morgan fingerprint density at radius 1 is 1.28 bits per heavy atom. The summed E-state index contributed by atoms with van der Waals surface area (Å²) in [6, 6.07) is 9.67. The van der Waals surface area contributed by atoms with Crippen molar-refractivity contribution in [3.05, 3.63) is 35.9 Å². The van der Waals surface area contributed by atoms with Gasteiger partial charge in [-0.1, -0.05) is 30.3 Å². The smallest absolute Gasteiger partial charge is 0.321 e. The molecule has 0 aliphatic heterocycles. The quantitative estimate of drug-likeness (QED) is 0.696. The van der Waals surface area contributed by atoms with E-state index in [0.717, 1.165) is 5.56 Å². The van der Waals surface area contributed by atoms with Gasteiger partial charge >= 0.3 is 6.03 Å². The molecule has 1 aromatic carbocycles. The van der Waals surface area contributed by atoms with E-state index in [2.05, 4.69) is 10.6 Å². The Bertz CT molecular complexity index is 392. The van der Waals surface area contributed by atoms with Gasteiger partial charge in [-0.15, -0.1) is 0 Å². The van der Waals surface area contributed by atoms with Crippen molar-refractivity contribution in [3.8, 4) is 0 Å². The van der Waals surface area contributed by atoms with Gasteiger partial charge in [0.25, 0.3) is 5.91 Å². The zero-order valence-electron chi connectivity index (χ0n) is 10.8. The molecule has 0 heterocycles. The average Bonchev–Trinajstić information content (AvgIpc) is 2.37. The van der Waals surface area contributed by atoms with E-state index in [4.69, 9.17) is 0 Å². The fourth-order valence-electron chi connectivity index (χ4n) is 1.56. The van der Waals surface area contributed by atoms with Gasteiger partial charge in [-0.25, -0.2) is 4.79 Å². The number of urea groups is 1. The first-order chi connectivity index (χ1) is 8.63. The number of carbonyl (C=O) groups is 2. The second-order valence-corrected chi connectivity index (χ2v) is 4.05. The van der Waals surface area contributed by atoms with E-state index < -0.39 is 6.03 Å². The number of nitrogens with two attached hydrogens (primary N) is 1. The molecule has 0 radical (unpaired) electrons. The predicted octanol–water partition coefficient (Wildman–Crippen LogP) is 0.157. The molecule has 0 aliphatic rings. The van der Waals surface area contributed by atoms with Crippen LogP contribution in [0.2, 0.25) is 0 Å². The molecule has 18 heavy (non-hydrogen) atoms. The maximum absolute atomic E-state index is 11.5. The molecule has 0 aromatic heterocycles. The minimum absolute atomic E-state index is 0.186. The van der Waals surface area contributed by atoms with E-state index in [0.29, 0.717) is 6.54 Å². The Hall–Kier alpha value is -1.88. The first-order valence-corrected chi connectivity index (χ1v) is 6.09. The molecule has 1 atom stereocenters. The highest BCUT2D eigenvalue weighted by Gasteiger charge is 2.12. The van der Waals surface area contributed by atoms with E-state index in [1.165, 1.54) is 0 Å². The summed E-state index contributed by atoms with van der Waals surface area (Å²) in [5, 5.41) is 6.67. The van der Waals surface area contributed by atoms with Crippen molar-refractivity contribution in [2.75, 3.05) is 13.1 Å². The molecule has 0 aliphatic carbocycles. The molecule has 1 aromatic rings. The van der Waals surface area contributed by atoms with Crippen LogP contribution in [-0.4, -0.2) is 25.0 Å². The molecule has 0 fully saturated rings. The Balaban J connectivity index is 2.32. The minimum Gasteiger partial charge on any atom is -0.338 e. The molecule has 0 saturated carbocycles. The van der Waals surface area contributed by atoms with Gasteiger partial charge in [0, 0.05) is 12.1 Å². The number of rotatable bonds is 5. The van der Waals surface area contributed by atoms with Crippen molar-refractivity contribution < 1.29 is 14.9 Å². The fraction of sp³-hybridized carbons (Fsp3) is 0.385. The van der Waals surface area contributed by atoms with Crippen LogP contribution < -0.4 is 16.0 Å². The van der Waals surface area contributed by atoms with Crippen molar-refractivity contribution in [2.45, 2.75) is 19.9 Å². The third kappa shape index (κ3) is 4.97. The summed E-state index contributed by atoms with van der Waals surface area (Å²) in [6.07, 6.45) is 0. The lowest BCUT2D eigenvalue weighted by atomic mass is 10.1. The first-order valence-electron chi connectivity index (χ1n) is 6.09. The molecule has 0 unspecified atom stereocenters. The largest absolute Gasteiger partial charge is 0.338 e. The molecule has 3 amide bonds. The Morgan fingerprint density at radius 2 is 1.94 bits per heavy atom. The molecule has 0 bridgehead atoms. The van der Waals surface area contributed by atoms with Gasteiger partial charge in [0.2, 0.25) is 0 Å². The van der Waals surface area contributed by atoms with E-state index in [9.17, 15) is 9.59 Å². The summed E-state index contributed by atoms with van der Waals surface area (Å²) < 4.78 is 0. The van der Waals surface area contributed by atoms with E-state index >= 15 is 0 Å². The minimum atomic E-state index is -0.441. The molecule has 0 spiro atoms. The van der Waals surface area contributed by atoms with Crippen LogP contribution in [0.5, 0.6) is 0 Å². The SMILES string of the molecule is CCNC(=O)NC(=O)C[NH2+][C@@H](C)c1ccccc1. The number of benzene rings is 1. The monoisotopic (exact) mass is 250 g/mol. The molecule has 1 rings (SSSR count). The summed E-state index contributed by atoms with van der Waals surface area (Å²) in [6.45, 7) is 4.55. The van der Waals surface area contributed by atoms with Crippen LogP contribution in [0.3, 0.4) is 0 Å². The summed E-state index contributed by atoms with van der Waals surface area (Å²) in [5.41, 5.74) is 1.16. The van der Waals surface area contributed by atoms with E-state index in [-0.39, 0.29) is 18.5 Å². The van der Waals surface area contributed by atoms with Crippen LogP contribution in [0.15, 0.2) is 30.3 Å². The lowest BCUT2D eigenvalue weighted by Crippen LogP contribution is -2.87. The Kier molecular flexibility index (Phi) is 5.87. The normalized spacial score (nSPS) is 11.7. The van der Waals surface area contributed by atoms with Crippen LogP contribution in [-0.2, 0) is 4.79 Å². The summed E-state index contributed by atoms with van der Waals surface area (Å²) in [4.78, 5) is 22.6. The van der Waals surface area contributed by atoms with Crippen LogP contribution >= 0.6 is 0 Å². The number of carbonyl (C=O) groups excluding carboxylic acids is 2. The summed E-state index contributed by atoms with van der Waals surface area (Å²) in [7, 11) is 0. The first kappa shape index (κ1) is 14.2. The van der Waals surface area contributed by atoms with Crippen molar-refractivity contribution in [3.63, 3.8) is 0 Å². The van der Waals surface area contributed by atoms with Crippen molar-refractivity contribution in [1.29, 1.82) is 0 Å². The fourth-order valence-corrected chi connectivity index (χ4v) is 1.56. The van der Waals surface area contributed by atoms with Crippen LogP contribution in [0.1, 0.15) is 25.5 Å². The second kappa shape index (κ2) is 7.45. The second-order valence-electron chi connectivity index (χ2n) is 4.05. The number of imide groups is 1. The highest BCUT2D eigenvalue weighted by Crippen LogP contribution is 2.05. The highest BCUT2D eigenvalue weighted by molar-refractivity contribution is 5.94. The van der Waals surface area contributed by atoms with Crippen LogP contribution in [0.25, 0.3) is 0 Å². The third-order valence-electron chi connectivity index (χ3n) is 2.57. The Labute approximate surface area is 107 Å². The summed E-state index contributed by atoms with van der Waals surface area (Å²) in [5.74, 6) is -0.288. The maximum atomic E-state index is 11.5. The van der Waals surface area contributed by atoms with Gasteiger partial charge in [0.05, 0.1) is 0 Å². The molecule has 5 heteroatoms. The van der Waals surface area contributed by atoms with Crippen molar-refractivity contribution in [2.24, 2.45) is 0 Å². The predicted molar refractivity (Wildman–Crippen MR) is 68.9 cm³/mol. The van der Waals surface area contributed by atoms with Crippen molar-refractivity contribution in [1.82, 2.24) is 10.6 Å². The number of quaternary nitrogens is 1. The van der Waals surface area contributed by atoms with Gasteiger partial charge in [0.15, 0.2) is 6.54 Å². The topological polar surface area (TPSA) is 74.8 Å². The molecule has 0 saturated heterocycles. The third-order valence-corrected chi connectivity index (χ3v) is 2.57. The lowest BCUT2D eigenvalue weighted by molar-refractivity contribution is -0.682. The number of hydrogen-bond donors (Lipinski definition) is 3. The number of amides is 3. The molecular formula is C13H20N3O2+. The number of hydrogen-bond acceptors (Lipinski definition) is 2. The van der Waals surface area contributed by atoms with Crippen LogP contribution in [0.4, 0.5) is 4.79 Å². The molecular weight excluding hydrogens is 230 g/mol. The van der Waals surface area contributed by atoms with Crippen LogP contribution in [0, 0.1) is 0 Å². The Morgan fingerprint density at radius 3 is 2.56 bits per heavy atom. The lowest BCUT2D eigenvalue weighted by Gasteiger charge is -2.10.